The van der Waals surface area contributed by atoms with E-state index in [0.29, 0.717) is 52.3 Å². The van der Waals surface area contributed by atoms with Gasteiger partial charge in [0.1, 0.15) is 5.82 Å². The second-order valence-corrected chi connectivity index (χ2v) is 14.1. The molecular weight excluding hydrogens is 434 g/mol. The zero-order valence-electron chi connectivity index (χ0n) is 22.5. The van der Waals surface area contributed by atoms with E-state index in [1.165, 1.54) is 44.9 Å². The monoisotopic (exact) mass is 483 g/mol. The van der Waals surface area contributed by atoms with Crippen molar-refractivity contribution in [2.24, 2.45) is 52.3 Å². The van der Waals surface area contributed by atoms with Crippen LogP contribution >= 0.6 is 0 Å². The molecule has 0 radical (unpaired) electrons. The highest BCUT2D eigenvalue weighted by molar-refractivity contribution is 5.13. The molecule has 5 heteroatoms. The van der Waals surface area contributed by atoms with Gasteiger partial charge in [0.15, 0.2) is 5.82 Å². The number of aliphatic hydroxyl groups is 2. The Kier molecular flexibility index (Phi) is 6.15. The van der Waals surface area contributed by atoms with E-state index in [1.54, 1.807) is 0 Å². The summed E-state index contributed by atoms with van der Waals surface area (Å²) in [4.78, 5) is 4.78. The van der Waals surface area contributed by atoms with Crippen LogP contribution in [0.15, 0.2) is 0 Å². The summed E-state index contributed by atoms with van der Waals surface area (Å²) in [5.41, 5.74) is 0.637. The van der Waals surface area contributed by atoms with Crippen LogP contribution in [0.5, 0.6) is 0 Å². The molecule has 5 nitrogen and oxygen atoms in total. The third-order valence-corrected chi connectivity index (χ3v) is 12.5. The van der Waals surface area contributed by atoms with Crippen molar-refractivity contribution < 1.29 is 10.2 Å². The maximum Gasteiger partial charge on any atom is 0.153 e. The molecular formula is C30H49N3O2. The second kappa shape index (κ2) is 8.82. The predicted octanol–water partition coefficient (Wildman–Crippen LogP) is 5.88. The lowest BCUT2D eigenvalue weighted by molar-refractivity contribution is -0.203. The first kappa shape index (κ1) is 24.4. The maximum atomic E-state index is 11.9. The van der Waals surface area contributed by atoms with Gasteiger partial charge >= 0.3 is 0 Å². The second-order valence-electron chi connectivity index (χ2n) is 14.1. The fourth-order valence-corrected chi connectivity index (χ4v) is 10.4. The lowest BCUT2D eigenvalue weighted by atomic mass is 9.41. The van der Waals surface area contributed by atoms with Gasteiger partial charge in [-0.1, -0.05) is 34.1 Å². The summed E-state index contributed by atoms with van der Waals surface area (Å²) in [6.45, 7) is 9.89. The zero-order valence-corrected chi connectivity index (χ0v) is 22.5. The van der Waals surface area contributed by atoms with Gasteiger partial charge < -0.3 is 10.2 Å². The van der Waals surface area contributed by atoms with E-state index in [2.05, 4.69) is 37.9 Å². The molecule has 6 rings (SSSR count). The molecule has 0 aliphatic heterocycles. The minimum Gasteiger partial charge on any atom is -0.393 e. The van der Waals surface area contributed by atoms with Gasteiger partial charge in [-0.15, -0.1) is 0 Å². The number of aromatic nitrogens is 3. The molecule has 11 atom stereocenters. The summed E-state index contributed by atoms with van der Waals surface area (Å²) in [6, 6.07) is 0. The molecule has 4 unspecified atom stereocenters. The highest BCUT2D eigenvalue weighted by Crippen LogP contribution is 2.69. The van der Waals surface area contributed by atoms with Crippen LogP contribution in [0.3, 0.4) is 0 Å². The van der Waals surface area contributed by atoms with Crippen LogP contribution in [0.4, 0.5) is 0 Å². The minimum atomic E-state index is -0.193. The van der Waals surface area contributed by atoms with Crippen LogP contribution < -0.4 is 0 Å². The van der Waals surface area contributed by atoms with Crippen LogP contribution in [0.1, 0.15) is 116 Å². The fraction of sp³-hybridized carbons (Fsp3) is 0.933. The normalized spacial score (nSPS) is 48.2. The molecule has 0 saturated heterocycles. The van der Waals surface area contributed by atoms with Crippen molar-refractivity contribution in [1.82, 2.24) is 15.2 Å². The van der Waals surface area contributed by atoms with Crippen molar-refractivity contribution in [2.45, 2.75) is 123 Å². The highest BCUT2D eigenvalue weighted by Gasteiger charge is 2.64. The van der Waals surface area contributed by atoms with Crippen molar-refractivity contribution in [3.63, 3.8) is 0 Å². The maximum absolute atomic E-state index is 11.9. The number of hydrogen-bond acceptors (Lipinski definition) is 4. The fourth-order valence-electron chi connectivity index (χ4n) is 10.4. The van der Waals surface area contributed by atoms with E-state index in [0.717, 1.165) is 49.7 Å². The number of H-pyrrole nitrogens is 1. The number of fused-ring (bicyclic) bond motifs is 5. The Morgan fingerprint density at radius 2 is 1.71 bits per heavy atom. The molecule has 1 aromatic rings. The number of rotatable bonds is 6. The number of nitrogens with one attached hydrogen (secondary N) is 1. The Labute approximate surface area is 212 Å². The van der Waals surface area contributed by atoms with Gasteiger partial charge in [0, 0.05) is 12.3 Å². The number of hydrogen-bond donors (Lipinski definition) is 3. The van der Waals surface area contributed by atoms with E-state index in [1.807, 2.05) is 0 Å². The summed E-state index contributed by atoms with van der Waals surface area (Å²) in [6.07, 6.45) is 13.6. The van der Waals surface area contributed by atoms with Gasteiger partial charge in [-0.2, -0.15) is 5.10 Å². The summed E-state index contributed by atoms with van der Waals surface area (Å²) >= 11 is 0. The Balaban J connectivity index is 1.19. The van der Waals surface area contributed by atoms with Gasteiger partial charge in [0.25, 0.3) is 0 Å². The molecule has 5 aliphatic carbocycles. The van der Waals surface area contributed by atoms with E-state index in [9.17, 15) is 10.2 Å². The molecule has 0 spiro atoms. The SMILES string of the molecule is CC[C@@H]1C2C[C@H](O)CCC2(C)[C@H]2CCC3(C)C([C@H](C)CCc4nc(C5CC5)n[nH]4)CC[C@H]3[C@@H]2[C@@H]1O. The highest BCUT2D eigenvalue weighted by atomic mass is 16.3. The molecule has 0 bridgehead atoms. The Bertz CT molecular complexity index is 913. The first-order valence-corrected chi connectivity index (χ1v) is 15.0. The van der Waals surface area contributed by atoms with Crippen molar-refractivity contribution in [2.75, 3.05) is 0 Å². The van der Waals surface area contributed by atoms with Gasteiger partial charge in [-0.3, -0.25) is 5.10 Å². The molecule has 1 aromatic heterocycles. The number of nitrogens with zero attached hydrogens (tertiary/aromatic N) is 2. The molecule has 1 heterocycles. The number of aliphatic hydroxyl groups excluding tert-OH is 2. The standard InChI is InChI=1S/C30H49N3O2/c1-5-20-24-16-19(34)12-14-30(24,4)23-13-15-29(3)21(9-10-22(29)26(23)27(20)35)17(2)6-11-25-31-28(33-32-25)18-7-8-18/h17-24,26-27,34-35H,5-16H2,1-4H3,(H,31,32,33)/t17-,19-,20-,21?,22+,23+,24?,26+,27-,29?,30?/m1/s1. The number of aromatic amines is 1. The Morgan fingerprint density at radius 1 is 0.971 bits per heavy atom. The predicted molar refractivity (Wildman–Crippen MR) is 138 cm³/mol. The summed E-state index contributed by atoms with van der Waals surface area (Å²) < 4.78 is 0. The lowest BCUT2D eigenvalue weighted by Crippen LogP contribution is -2.62. The van der Waals surface area contributed by atoms with Crippen LogP contribution in [0.25, 0.3) is 0 Å². The summed E-state index contributed by atoms with van der Waals surface area (Å²) in [5, 5.41) is 30.1. The molecule has 0 amide bonds. The molecule has 0 aromatic carbocycles. The van der Waals surface area contributed by atoms with Gasteiger partial charge in [0.2, 0.25) is 0 Å². The molecule has 196 valence electrons. The van der Waals surface area contributed by atoms with E-state index >= 15 is 0 Å². The smallest absolute Gasteiger partial charge is 0.153 e. The van der Waals surface area contributed by atoms with E-state index < -0.39 is 0 Å². The van der Waals surface area contributed by atoms with Crippen LogP contribution in [0.2, 0.25) is 0 Å². The molecule has 5 fully saturated rings. The number of aryl methyl sites for hydroxylation is 1. The molecule has 5 saturated carbocycles. The summed E-state index contributed by atoms with van der Waals surface area (Å²) in [5.74, 6) is 6.70. The van der Waals surface area contributed by atoms with E-state index in [4.69, 9.17) is 4.98 Å². The third-order valence-electron chi connectivity index (χ3n) is 12.5. The zero-order chi connectivity index (χ0) is 24.5. The lowest BCUT2D eigenvalue weighted by Gasteiger charge is -2.64. The topological polar surface area (TPSA) is 82.0 Å². The molecule has 5 aliphatic rings. The third kappa shape index (κ3) is 3.85. The average molecular weight is 484 g/mol. The van der Waals surface area contributed by atoms with Crippen molar-refractivity contribution in [3.05, 3.63) is 11.6 Å². The van der Waals surface area contributed by atoms with Gasteiger partial charge in [0.05, 0.1) is 12.2 Å². The van der Waals surface area contributed by atoms with Crippen LogP contribution in [-0.2, 0) is 6.42 Å². The van der Waals surface area contributed by atoms with E-state index in [-0.39, 0.29) is 12.2 Å². The van der Waals surface area contributed by atoms with Crippen molar-refractivity contribution >= 4 is 0 Å². The first-order chi connectivity index (χ1) is 16.8. The first-order valence-electron chi connectivity index (χ1n) is 15.0. The average Bonchev–Trinajstić information content (AvgIpc) is 3.47. The Morgan fingerprint density at radius 3 is 2.46 bits per heavy atom. The van der Waals surface area contributed by atoms with Crippen molar-refractivity contribution in [1.29, 1.82) is 0 Å². The minimum absolute atomic E-state index is 0.166. The van der Waals surface area contributed by atoms with Crippen LogP contribution in [-0.4, -0.2) is 37.6 Å². The summed E-state index contributed by atoms with van der Waals surface area (Å²) in [7, 11) is 0. The quantitative estimate of drug-likeness (QED) is 0.472. The van der Waals surface area contributed by atoms with Gasteiger partial charge in [-0.05, 0) is 116 Å². The Hall–Kier alpha value is -0.940. The van der Waals surface area contributed by atoms with Crippen LogP contribution in [0, 0.1) is 52.3 Å². The molecule has 3 N–H and O–H groups in total. The van der Waals surface area contributed by atoms with Gasteiger partial charge in [-0.25, -0.2) is 4.98 Å². The largest absolute Gasteiger partial charge is 0.393 e. The van der Waals surface area contributed by atoms with Crippen molar-refractivity contribution in [3.8, 4) is 0 Å². The molecule has 35 heavy (non-hydrogen) atoms.